The van der Waals surface area contributed by atoms with E-state index in [1.165, 1.54) is 13.0 Å². The summed E-state index contributed by atoms with van der Waals surface area (Å²) in [7, 11) is 0. The molecule has 24 heavy (non-hydrogen) atoms. The second kappa shape index (κ2) is 6.14. The van der Waals surface area contributed by atoms with Crippen molar-refractivity contribution in [3.63, 3.8) is 0 Å². The van der Waals surface area contributed by atoms with Crippen molar-refractivity contribution in [1.29, 1.82) is 0 Å². The van der Waals surface area contributed by atoms with E-state index in [0.29, 0.717) is 0 Å². The zero-order valence-corrected chi connectivity index (χ0v) is 13.0. The quantitative estimate of drug-likeness (QED) is 0.343. The molecule has 0 amide bonds. The van der Waals surface area contributed by atoms with Crippen LogP contribution in [0.5, 0.6) is 0 Å². The van der Waals surface area contributed by atoms with Gasteiger partial charge in [0.25, 0.3) is 0 Å². The van der Waals surface area contributed by atoms with Crippen LogP contribution in [0.15, 0.2) is 11.9 Å². The summed E-state index contributed by atoms with van der Waals surface area (Å²) in [6.45, 7) is 3.43. The van der Waals surface area contributed by atoms with Crippen molar-refractivity contribution in [3.05, 3.63) is 46.6 Å². The van der Waals surface area contributed by atoms with Crippen LogP contribution in [0.3, 0.4) is 0 Å². The number of hydrogen-bond acceptors (Lipinski definition) is 2. The number of carbonyl (C=O) groups excluding carboxylic acids is 1. The van der Waals surface area contributed by atoms with E-state index in [2.05, 4.69) is 4.74 Å². The third-order valence-electron chi connectivity index (χ3n) is 4.23. The van der Waals surface area contributed by atoms with Gasteiger partial charge in [-0.05, 0) is 24.3 Å². The fourth-order valence-electron chi connectivity index (χ4n) is 2.70. The first-order valence-electron chi connectivity index (χ1n) is 7.01. The van der Waals surface area contributed by atoms with Gasteiger partial charge in [-0.3, -0.25) is 4.79 Å². The molecule has 1 aromatic rings. The maximum absolute atomic E-state index is 13.5. The normalized spacial score (nSPS) is 22.5. The van der Waals surface area contributed by atoms with E-state index in [0.717, 1.165) is 0 Å². The Morgan fingerprint density at radius 2 is 1.50 bits per heavy atom. The summed E-state index contributed by atoms with van der Waals surface area (Å²) < 4.78 is 83.7. The number of benzene rings is 1. The summed E-state index contributed by atoms with van der Waals surface area (Å²) in [6, 6.07) is 0. The molecule has 0 N–H and O–H groups in total. The molecule has 1 aromatic carbocycles. The van der Waals surface area contributed by atoms with Crippen LogP contribution in [0.4, 0.5) is 26.3 Å². The van der Waals surface area contributed by atoms with Crippen molar-refractivity contribution in [2.45, 2.75) is 27.4 Å². The molecule has 1 aliphatic carbocycles. The first kappa shape index (κ1) is 18.4. The van der Waals surface area contributed by atoms with Crippen molar-refractivity contribution in [3.8, 4) is 0 Å². The van der Waals surface area contributed by atoms with Crippen LogP contribution in [0.25, 0.3) is 0 Å². The molecule has 0 unspecified atom stereocenters. The molecule has 1 saturated carbocycles. The lowest BCUT2D eigenvalue weighted by atomic mass is 10.1. The number of hydrogen-bond donors (Lipinski definition) is 0. The highest BCUT2D eigenvalue weighted by Crippen LogP contribution is 2.59. The fourth-order valence-corrected chi connectivity index (χ4v) is 2.70. The third-order valence-corrected chi connectivity index (χ3v) is 4.23. The number of ether oxygens (including phenoxy) is 1. The molecule has 0 radical (unpaired) electrons. The van der Waals surface area contributed by atoms with Crippen molar-refractivity contribution < 1.29 is 35.9 Å². The molecule has 2 nitrogen and oxygen atoms in total. The number of rotatable bonds is 4. The largest absolute Gasteiger partial charge is 0.460 e. The van der Waals surface area contributed by atoms with E-state index < -0.39 is 70.3 Å². The van der Waals surface area contributed by atoms with Gasteiger partial charge >= 0.3 is 5.97 Å². The summed E-state index contributed by atoms with van der Waals surface area (Å²) in [6.07, 6.45) is 1.23. The molecule has 2 atom stereocenters. The standard InChI is InChI=1S/C16H14F6O2/c1-6(17)4-8-9(16(8,2)3)15(23)24-5-7-10(18)12(20)14(22)13(21)11(7)19/h4,8-9H,5H2,1-3H3/b6-4-/t8-,9+/m1/s1. The minimum atomic E-state index is -2.29. The van der Waals surface area contributed by atoms with Crippen LogP contribution in [0, 0.1) is 46.3 Å². The van der Waals surface area contributed by atoms with Crippen LogP contribution in [-0.4, -0.2) is 5.97 Å². The lowest BCUT2D eigenvalue weighted by molar-refractivity contribution is -0.147. The van der Waals surface area contributed by atoms with Gasteiger partial charge in [0.15, 0.2) is 23.3 Å². The molecule has 0 saturated heterocycles. The Bertz CT molecular complexity index is 693. The summed E-state index contributed by atoms with van der Waals surface area (Å²) >= 11 is 0. The van der Waals surface area contributed by atoms with Gasteiger partial charge in [-0.1, -0.05) is 13.8 Å². The zero-order chi connectivity index (χ0) is 18.4. The van der Waals surface area contributed by atoms with E-state index in [4.69, 9.17) is 0 Å². The van der Waals surface area contributed by atoms with Gasteiger partial charge in [0.05, 0.1) is 17.3 Å². The summed E-state index contributed by atoms with van der Waals surface area (Å²) in [5.41, 5.74) is -1.85. The Morgan fingerprint density at radius 3 is 1.96 bits per heavy atom. The summed E-state index contributed by atoms with van der Waals surface area (Å²) in [5, 5.41) is 0. The van der Waals surface area contributed by atoms with Crippen molar-refractivity contribution >= 4 is 5.97 Å². The molecule has 0 bridgehead atoms. The molecule has 132 valence electrons. The van der Waals surface area contributed by atoms with Gasteiger partial charge < -0.3 is 4.74 Å². The lowest BCUT2D eigenvalue weighted by Crippen LogP contribution is -2.14. The first-order valence-corrected chi connectivity index (χ1v) is 7.01. The Hall–Kier alpha value is -1.99. The number of carbonyl (C=O) groups is 1. The van der Waals surface area contributed by atoms with Crippen LogP contribution in [0.1, 0.15) is 26.3 Å². The average Bonchev–Trinajstić information content (AvgIpc) is 3.02. The zero-order valence-electron chi connectivity index (χ0n) is 13.0. The highest BCUT2D eigenvalue weighted by Gasteiger charge is 2.61. The van der Waals surface area contributed by atoms with Gasteiger partial charge in [0, 0.05) is 0 Å². The second-order valence-electron chi connectivity index (χ2n) is 6.23. The van der Waals surface area contributed by atoms with Gasteiger partial charge in [-0.15, -0.1) is 0 Å². The molecule has 0 spiro atoms. The van der Waals surface area contributed by atoms with Gasteiger partial charge in [0.1, 0.15) is 6.61 Å². The molecule has 0 aromatic heterocycles. The monoisotopic (exact) mass is 352 g/mol. The molecule has 0 heterocycles. The lowest BCUT2D eigenvalue weighted by Gasteiger charge is -2.09. The van der Waals surface area contributed by atoms with Crippen LogP contribution < -0.4 is 0 Å². The Labute approximate surface area is 134 Å². The van der Waals surface area contributed by atoms with E-state index >= 15 is 0 Å². The van der Waals surface area contributed by atoms with Gasteiger partial charge in [-0.25, -0.2) is 26.3 Å². The first-order chi connectivity index (χ1) is 11.0. The number of halogens is 6. The van der Waals surface area contributed by atoms with E-state index in [-0.39, 0.29) is 0 Å². The van der Waals surface area contributed by atoms with Crippen LogP contribution >= 0.6 is 0 Å². The average molecular weight is 352 g/mol. The third kappa shape index (κ3) is 3.01. The molecular weight excluding hydrogens is 338 g/mol. The van der Waals surface area contributed by atoms with Gasteiger partial charge in [0.2, 0.25) is 5.82 Å². The molecule has 8 heteroatoms. The molecule has 1 aliphatic rings. The maximum atomic E-state index is 13.5. The number of allylic oxidation sites excluding steroid dienone is 2. The summed E-state index contributed by atoms with van der Waals surface area (Å²) in [5.74, 6) is -13.2. The minimum absolute atomic E-state index is 0.466. The van der Waals surface area contributed by atoms with Crippen molar-refractivity contribution in [2.24, 2.45) is 17.3 Å². The van der Waals surface area contributed by atoms with E-state index in [1.54, 1.807) is 13.8 Å². The Balaban J connectivity index is 2.16. The maximum Gasteiger partial charge on any atom is 0.310 e. The predicted octanol–water partition coefficient (Wildman–Crippen LogP) is 4.57. The minimum Gasteiger partial charge on any atom is -0.460 e. The molecule has 1 fully saturated rings. The molecule has 0 aliphatic heterocycles. The van der Waals surface area contributed by atoms with Crippen LogP contribution in [0.2, 0.25) is 0 Å². The van der Waals surface area contributed by atoms with E-state index in [9.17, 15) is 31.1 Å². The van der Waals surface area contributed by atoms with Crippen LogP contribution in [-0.2, 0) is 16.1 Å². The highest BCUT2D eigenvalue weighted by molar-refractivity contribution is 5.78. The molecule has 2 rings (SSSR count). The number of esters is 1. The predicted molar refractivity (Wildman–Crippen MR) is 71.7 cm³/mol. The Kier molecular flexibility index (Phi) is 4.70. The molecular formula is C16H14F6O2. The van der Waals surface area contributed by atoms with Crippen molar-refractivity contribution in [2.75, 3.05) is 0 Å². The second-order valence-corrected chi connectivity index (χ2v) is 6.23. The topological polar surface area (TPSA) is 26.3 Å². The van der Waals surface area contributed by atoms with Crippen molar-refractivity contribution in [1.82, 2.24) is 0 Å². The van der Waals surface area contributed by atoms with E-state index in [1.807, 2.05) is 0 Å². The SMILES string of the molecule is C/C(F)=C/[C@@H]1[C@@H](C(=O)OCc2c(F)c(F)c(F)c(F)c2F)C1(C)C. The highest BCUT2D eigenvalue weighted by atomic mass is 19.2. The Morgan fingerprint density at radius 1 is 1.04 bits per heavy atom. The summed E-state index contributed by atoms with van der Waals surface area (Å²) in [4.78, 5) is 12.0. The van der Waals surface area contributed by atoms with Gasteiger partial charge in [-0.2, -0.15) is 0 Å². The smallest absolute Gasteiger partial charge is 0.310 e. The fraction of sp³-hybridized carbons (Fsp3) is 0.438.